The fraction of sp³-hybridized carbons (Fsp3) is 0.200. The van der Waals surface area contributed by atoms with Crippen LogP contribution in [0, 0.1) is 6.92 Å². The molecule has 2 aromatic carbocycles. The molecule has 1 fully saturated rings. The van der Waals surface area contributed by atoms with Crippen LogP contribution in [0.5, 0.6) is 17.2 Å². The van der Waals surface area contributed by atoms with E-state index in [-0.39, 0.29) is 28.3 Å². The normalized spacial score (nSPS) is 17.4. The van der Waals surface area contributed by atoms with Crippen molar-refractivity contribution in [3.8, 4) is 17.2 Å². The maximum absolute atomic E-state index is 13.1. The molecule has 4 rings (SSSR count). The number of methoxy groups -OCH3 is 2. The van der Waals surface area contributed by atoms with E-state index in [1.165, 1.54) is 44.6 Å². The summed E-state index contributed by atoms with van der Waals surface area (Å²) in [6.45, 7) is 1.66. The molecule has 1 aromatic heterocycles. The van der Waals surface area contributed by atoms with Crippen LogP contribution in [0.2, 0.25) is 0 Å². The Balaban J connectivity index is 1.84. The van der Waals surface area contributed by atoms with Crippen molar-refractivity contribution in [1.82, 2.24) is 0 Å². The second kappa shape index (κ2) is 9.33. The summed E-state index contributed by atoms with van der Waals surface area (Å²) < 4.78 is 57.7. The minimum atomic E-state index is -4.89. The Bertz CT molecular complexity index is 1340. The molecule has 0 spiro atoms. The van der Waals surface area contributed by atoms with Gasteiger partial charge in [0.1, 0.15) is 29.1 Å². The summed E-state index contributed by atoms with van der Waals surface area (Å²) in [5, 5.41) is 11.2. The van der Waals surface area contributed by atoms with Gasteiger partial charge in [-0.25, -0.2) is 0 Å². The Morgan fingerprint density at radius 3 is 2.19 bits per heavy atom. The van der Waals surface area contributed by atoms with Crippen molar-refractivity contribution < 1.29 is 46.5 Å². The number of benzene rings is 2. The van der Waals surface area contributed by atoms with E-state index in [0.29, 0.717) is 11.5 Å². The number of anilines is 1. The number of carbonyl (C=O) groups excluding carboxylic acids is 2. The molecule has 1 saturated heterocycles. The van der Waals surface area contributed by atoms with Gasteiger partial charge >= 0.3 is 6.36 Å². The molecule has 36 heavy (non-hydrogen) atoms. The number of rotatable bonds is 6. The molecular formula is C25H20F3NO7. The molecule has 1 atom stereocenters. The van der Waals surface area contributed by atoms with Gasteiger partial charge in [0.05, 0.1) is 19.8 Å². The lowest BCUT2D eigenvalue weighted by Crippen LogP contribution is -2.29. The number of aliphatic hydroxyl groups is 1. The molecule has 188 valence electrons. The largest absolute Gasteiger partial charge is 0.573 e. The Morgan fingerprint density at radius 1 is 0.972 bits per heavy atom. The number of furan rings is 1. The third-order valence-electron chi connectivity index (χ3n) is 5.48. The summed E-state index contributed by atoms with van der Waals surface area (Å²) in [7, 11) is 2.84. The minimum Gasteiger partial charge on any atom is -0.507 e. The van der Waals surface area contributed by atoms with Crippen LogP contribution in [0.4, 0.5) is 18.9 Å². The summed E-state index contributed by atoms with van der Waals surface area (Å²) >= 11 is 0. The van der Waals surface area contributed by atoms with Crippen LogP contribution in [-0.2, 0) is 9.59 Å². The van der Waals surface area contributed by atoms with Crippen LogP contribution in [0.15, 0.2) is 64.6 Å². The first-order valence-corrected chi connectivity index (χ1v) is 10.5. The number of aliphatic hydroxyl groups excluding tert-OH is 1. The zero-order valence-corrected chi connectivity index (χ0v) is 19.3. The molecule has 0 bridgehead atoms. The number of aryl methyl sites for hydroxylation is 1. The second-order valence-electron chi connectivity index (χ2n) is 7.73. The summed E-state index contributed by atoms with van der Waals surface area (Å²) in [6.07, 6.45) is -4.89. The van der Waals surface area contributed by atoms with Crippen LogP contribution in [0.3, 0.4) is 0 Å². The van der Waals surface area contributed by atoms with Gasteiger partial charge in [-0.15, -0.1) is 13.2 Å². The first-order valence-electron chi connectivity index (χ1n) is 10.5. The van der Waals surface area contributed by atoms with Crippen molar-refractivity contribution in [2.45, 2.75) is 19.3 Å². The number of nitrogens with zero attached hydrogens (tertiary/aromatic N) is 1. The molecule has 1 aliphatic heterocycles. The topological polar surface area (TPSA) is 98.4 Å². The number of hydrogen-bond acceptors (Lipinski definition) is 7. The van der Waals surface area contributed by atoms with Crippen molar-refractivity contribution in [3.63, 3.8) is 0 Å². The average molecular weight is 503 g/mol. The monoisotopic (exact) mass is 503 g/mol. The molecule has 1 amide bonds. The smallest absolute Gasteiger partial charge is 0.507 e. The quantitative estimate of drug-likeness (QED) is 0.283. The highest BCUT2D eigenvalue weighted by atomic mass is 19.4. The Hall–Kier alpha value is -4.41. The van der Waals surface area contributed by atoms with Gasteiger partial charge in [0.15, 0.2) is 11.5 Å². The van der Waals surface area contributed by atoms with Crippen LogP contribution in [0.25, 0.3) is 5.76 Å². The first kappa shape index (κ1) is 24.7. The van der Waals surface area contributed by atoms with Crippen molar-refractivity contribution in [2.75, 3.05) is 19.1 Å². The van der Waals surface area contributed by atoms with Gasteiger partial charge in [0, 0.05) is 11.3 Å². The zero-order chi connectivity index (χ0) is 26.2. The van der Waals surface area contributed by atoms with Crippen molar-refractivity contribution in [1.29, 1.82) is 0 Å². The number of amides is 1. The fourth-order valence-corrected chi connectivity index (χ4v) is 3.92. The zero-order valence-electron chi connectivity index (χ0n) is 19.3. The summed E-state index contributed by atoms with van der Waals surface area (Å²) in [5.74, 6) is -1.68. The predicted molar refractivity (Wildman–Crippen MR) is 121 cm³/mol. The Labute approximate surface area is 203 Å². The number of Topliss-reactive ketones (excluding diaryl/α,β-unsaturated/α-hetero) is 1. The van der Waals surface area contributed by atoms with E-state index in [1.807, 2.05) is 0 Å². The molecule has 0 radical (unpaired) electrons. The molecule has 1 aliphatic rings. The van der Waals surface area contributed by atoms with E-state index in [0.717, 1.165) is 17.0 Å². The van der Waals surface area contributed by atoms with Crippen molar-refractivity contribution in [2.24, 2.45) is 0 Å². The van der Waals surface area contributed by atoms with Gasteiger partial charge in [-0.3, -0.25) is 14.5 Å². The molecule has 8 nitrogen and oxygen atoms in total. The SMILES string of the molecule is COc1ccc(/C(O)=C2/C(=O)C(=O)N(c3ccc(OC(F)(F)F)cc3)C2c2ccc(C)o2)cc1OC. The van der Waals surface area contributed by atoms with E-state index >= 15 is 0 Å². The highest BCUT2D eigenvalue weighted by Crippen LogP contribution is 2.43. The standard InChI is InChI=1S/C25H20F3NO7/c1-13-4-10-18(35-13)21-20(22(30)14-5-11-17(33-2)19(12-14)34-3)23(31)24(32)29(21)15-6-8-16(9-7-15)36-25(26,27)28/h4-12,21,30H,1-3H3/b22-20-. The van der Waals surface area contributed by atoms with Crippen LogP contribution >= 0.6 is 0 Å². The summed E-state index contributed by atoms with van der Waals surface area (Å²) in [5.41, 5.74) is 0.00193. The highest BCUT2D eigenvalue weighted by Gasteiger charge is 2.48. The van der Waals surface area contributed by atoms with Crippen LogP contribution < -0.4 is 19.1 Å². The van der Waals surface area contributed by atoms with E-state index in [2.05, 4.69) is 4.74 Å². The van der Waals surface area contributed by atoms with Gasteiger partial charge in [0.2, 0.25) is 0 Å². The number of alkyl halides is 3. The van der Waals surface area contributed by atoms with E-state index in [4.69, 9.17) is 13.9 Å². The maximum atomic E-state index is 13.1. The third-order valence-corrected chi connectivity index (χ3v) is 5.48. The molecule has 3 aromatic rings. The molecule has 11 heteroatoms. The number of halogens is 3. The van der Waals surface area contributed by atoms with Crippen molar-refractivity contribution in [3.05, 3.63) is 77.3 Å². The van der Waals surface area contributed by atoms with Crippen LogP contribution in [-0.4, -0.2) is 37.4 Å². The van der Waals surface area contributed by atoms with Gasteiger partial charge in [-0.05, 0) is 61.5 Å². The molecular weight excluding hydrogens is 483 g/mol. The summed E-state index contributed by atoms with van der Waals surface area (Å²) in [6, 6.07) is 10.8. The second-order valence-corrected chi connectivity index (χ2v) is 7.73. The third kappa shape index (κ3) is 4.59. The van der Waals surface area contributed by atoms with Gasteiger partial charge in [-0.2, -0.15) is 0 Å². The number of hydrogen-bond donors (Lipinski definition) is 1. The lowest BCUT2D eigenvalue weighted by molar-refractivity contribution is -0.274. The van der Waals surface area contributed by atoms with E-state index in [9.17, 15) is 27.9 Å². The number of ketones is 1. The summed E-state index contributed by atoms with van der Waals surface area (Å²) in [4.78, 5) is 27.3. The van der Waals surface area contributed by atoms with E-state index < -0.39 is 35.6 Å². The van der Waals surface area contributed by atoms with Crippen LogP contribution in [0.1, 0.15) is 23.1 Å². The Kier molecular flexibility index (Phi) is 6.40. The van der Waals surface area contributed by atoms with Gasteiger partial charge < -0.3 is 23.7 Å². The first-order chi connectivity index (χ1) is 17.0. The van der Waals surface area contributed by atoms with Crippen molar-refractivity contribution >= 4 is 23.1 Å². The number of ether oxygens (including phenoxy) is 3. The molecule has 1 N–H and O–H groups in total. The average Bonchev–Trinajstić information content (AvgIpc) is 3.38. The maximum Gasteiger partial charge on any atom is 0.573 e. The van der Waals surface area contributed by atoms with Gasteiger partial charge in [-0.1, -0.05) is 0 Å². The molecule has 0 aliphatic carbocycles. The number of carbonyl (C=O) groups is 2. The van der Waals surface area contributed by atoms with Gasteiger partial charge in [0.25, 0.3) is 11.7 Å². The molecule has 1 unspecified atom stereocenters. The Morgan fingerprint density at radius 2 is 1.64 bits per heavy atom. The lowest BCUT2D eigenvalue weighted by Gasteiger charge is -2.23. The fourth-order valence-electron chi connectivity index (χ4n) is 3.92. The highest BCUT2D eigenvalue weighted by molar-refractivity contribution is 6.51. The molecule has 2 heterocycles. The minimum absolute atomic E-state index is 0.0945. The predicted octanol–water partition coefficient (Wildman–Crippen LogP) is 5.13. The molecule has 0 saturated carbocycles. The van der Waals surface area contributed by atoms with E-state index in [1.54, 1.807) is 19.1 Å². The lowest BCUT2D eigenvalue weighted by atomic mass is 9.99.